The highest BCUT2D eigenvalue weighted by molar-refractivity contribution is 5.46. The molecule has 10 nitrogen and oxygen atoms in total. The van der Waals surface area contributed by atoms with E-state index in [0.29, 0.717) is 29.7 Å². The molecule has 5 rings (SSSR count). The molecule has 1 aromatic carbocycles. The van der Waals surface area contributed by atoms with Crippen molar-refractivity contribution < 1.29 is 40.2 Å². The smallest absolute Gasteiger partial charge is 0.424 e. The number of nitrogens with one attached hydrogen (secondary N) is 1. The van der Waals surface area contributed by atoms with E-state index in [-0.39, 0.29) is 29.6 Å². The zero-order chi connectivity index (χ0) is 27.2. The maximum atomic E-state index is 13.2. The van der Waals surface area contributed by atoms with Crippen LogP contribution >= 0.6 is 0 Å². The Bertz CT molecular complexity index is 1340. The molecule has 3 aromatic rings. The molecule has 1 aliphatic heterocycles. The number of fused-ring (bicyclic) bond motifs is 1. The van der Waals surface area contributed by atoms with Crippen LogP contribution in [0.2, 0.25) is 0 Å². The molecule has 204 valence electrons. The summed E-state index contributed by atoms with van der Waals surface area (Å²) in [5.74, 6) is -0.258. The Morgan fingerprint density at radius 2 is 1.89 bits per heavy atom. The highest BCUT2D eigenvalue weighted by Gasteiger charge is 2.52. The SMILES string of the molecule is C/C=C1\C2CN(c3nnc(C)o3)CC2C1Nc1nc(Oc2cccc(OC(F)(F)F)c2)n(CC(F)(F)F)n1. The van der Waals surface area contributed by atoms with Gasteiger partial charge in [-0.3, -0.25) is 0 Å². The lowest BCUT2D eigenvalue weighted by Crippen LogP contribution is -2.48. The van der Waals surface area contributed by atoms with Gasteiger partial charge >= 0.3 is 24.6 Å². The Labute approximate surface area is 211 Å². The molecule has 0 spiro atoms. The van der Waals surface area contributed by atoms with Crippen LogP contribution in [0.4, 0.5) is 38.3 Å². The fraction of sp³-hybridized carbons (Fsp3) is 0.455. The molecule has 3 unspecified atom stereocenters. The summed E-state index contributed by atoms with van der Waals surface area (Å²) in [7, 11) is 0. The molecule has 0 bridgehead atoms. The van der Waals surface area contributed by atoms with Gasteiger partial charge in [0.25, 0.3) is 0 Å². The second kappa shape index (κ2) is 9.40. The van der Waals surface area contributed by atoms with Gasteiger partial charge in [0.15, 0.2) is 0 Å². The molecule has 1 aliphatic carbocycles. The molecular weight excluding hydrogens is 524 g/mol. The summed E-state index contributed by atoms with van der Waals surface area (Å²) in [6, 6.07) is 3.94. The standard InChI is InChI=1S/C22H21F6N7O3/c1-3-14-15-8-34(20-32-31-11(2)36-20)9-16(15)17(14)29-18-30-19(35(33-18)10-21(23,24)25)37-12-5-4-6-13(7-12)38-22(26,27)28/h3-7,15-17H,8-10H2,1-2H3,(H,29,33)/b14-3+. The molecule has 1 saturated carbocycles. The first-order chi connectivity index (χ1) is 17.9. The van der Waals surface area contributed by atoms with Gasteiger partial charge in [0, 0.05) is 37.9 Å². The molecule has 1 saturated heterocycles. The number of benzene rings is 1. The van der Waals surface area contributed by atoms with Crippen molar-refractivity contribution in [2.75, 3.05) is 23.3 Å². The molecular formula is C22H21F6N7O3. The Morgan fingerprint density at radius 3 is 2.55 bits per heavy atom. The normalized spacial score (nSPS) is 22.4. The van der Waals surface area contributed by atoms with Crippen LogP contribution in [0.25, 0.3) is 0 Å². The van der Waals surface area contributed by atoms with Crippen LogP contribution < -0.4 is 19.7 Å². The Balaban J connectivity index is 1.35. The fourth-order valence-corrected chi connectivity index (χ4v) is 4.75. The van der Waals surface area contributed by atoms with Crippen molar-refractivity contribution in [3.05, 3.63) is 41.8 Å². The zero-order valence-electron chi connectivity index (χ0n) is 19.9. The Hall–Kier alpha value is -3.98. The molecule has 2 aliphatic rings. The van der Waals surface area contributed by atoms with Crippen molar-refractivity contribution in [2.24, 2.45) is 11.8 Å². The number of hydrogen-bond acceptors (Lipinski definition) is 9. The molecule has 3 atom stereocenters. The molecule has 16 heteroatoms. The minimum Gasteiger partial charge on any atom is -0.424 e. The van der Waals surface area contributed by atoms with Gasteiger partial charge in [-0.15, -0.1) is 23.4 Å². The number of halogens is 6. The molecule has 0 amide bonds. The molecule has 1 N–H and O–H groups in total. The van der Waals surface area contributed by atoms with Crippen LogP contribution in [-0.2, 0) is 6.54 Å². The Morgan fingerprint density at radius 1 is 1.13 bits per heavy atom. The number of alkyl halides is 6. The molecule has 38 heavy (non-hydrogen) atoms. The van der Waals surface area contributed by atoms with Crippen molar-refractivity contribution in [1.82, 2.24) is 25.0 Å². The molecule has 2 aromatic heterocycles. The lowest BCUT2D eigenvalue weighted by molar-refractivity contribution is -0.274. The summed E-state index contributed by atoms with van der Waals surface area (Å²) in [5.41, 5.74) is 1.03. The van der Waals surface area contributed by atoms with E-state index < -0.39 is 30.8 Å². The number of aryl methyl sites for hydroxylation is 1. The summed E-state index contributed by atoms with van der Waals surface area (Å²) < 4.78 is 92.5. The first-order valence-corrected chi connectivity index (χ1v) is 11.4. The first-order valence-electron chi connectivity index (χ1n) is 11.4. The van der Waals surface area contributed by atoms with E-state index in [2.05, 4.69) is 30.3 Å². The maximum absolute atomic E-state index is 13.2. The quantitative estimate of drug-likeness (QED) is 0.334. The summed E-state index contributed by atoms with van der Waals surface area (Å²) >= 11 is 0. The van der Waals surface area contributed by atoms with Gasteiger partial charge in [-0.1, -0.05) is 17.2 Å². The van der Waals surface area contributed by atoms with E-state index in [4.69, 9.17) is 9.15 Å². The van der Waals surface area contributed by atoms with E-state index in [1.165, 1.54) is 12.1 Å². The summed E-state index contributed by atoms with van der Waals surface area (Å²) in [5, 5.41) is 14.9. The van der Waals surface area contributed by atoms with Crippen molar-refractivity contribution in [1.29, 1.82) is 0 Å². The first kappa shape index (κ1) is 25.7. The number of rotatable bonds is 7. The van der Waals surface area contributed by atoms with Gasteiger partial charge in [0.05, 0.1) is 6.04 Å². The van der Waals surface area contributed by atoms with Gasteiger partial charge in [0.1, 0.15) is 18.0 Å². The van der Waals surface area contributed by atoms with Crippen LogP contribution in [0.3, 0.4) is 0 Å². The Kier molecular flexibility index (Phi) is 6.35. The number of aromatic nitrogens is 5. The number of nitrogens with zero attached hydrogens (tertiary/aromatic N) is 6. The predicted molar refractivity (Wildman–Crippen MR) is 119 cm³/mol. The van der Waals surface area contributed by atoms with Crippen LogP contribution in [0.5, 0.6) is 17.5 Å². The van der Waals surface area contributed by atoms with Crippen molar-refractivity contribution >= 4 is 12.0 Å². The predicted octanol–water partition coefficient (Wildman–Crippen LogP) is 4.72. The van der Waals surface area contributed by atoms with Crippen molar-refractivity contribution in [2.45, 2.75) is 39.0 Å². The van der Waals surface area contributed by atoms with Crippen molar-refractivity contribution in [3.8, 4) is 17.5 Å². The maximum Gasteiger partial charge on any atom is 0.573 e. The molecule has 0 radical (unpaired) electrons. The summed E-state index contributed by atoms with van der Waals surface area (Å²) in [6.45, 7) is 3.24. The second-order valence-corrected chi connectivity index (χ2v) is 8.81. The number of ether oxygens (including phenoxy) is 2. The van der Waals surface area contributed by atoms with Crippen molar-refractivity contribution in [3.63, 3.8) is 0 Å². The third-order valence-corrected chi connectivity index (χ3v) is 6.20. The second-order valence-electron chi connectivity index (χ2n) is 8.81. The monoisotopic (exact) mass is 545 g/mol. The van der Waals surface area contributed by atoms with Gasteiger partial charge in [-0.05, 0) is 24.6 Å². The van der Waals surface area contributed by atoms with Gasteiger partial charge in [-0.2, -0.15) is 18.2 Å². The minimum absolute atomic E-state index is 0.0727. The van der Waals surface area contributed by atoms with Crippen LogP contribution in [-0.4, -0.2) is 56.6 Å². The van der Waals surface area contributed by atoms with Gasteiger partial charge < -0.3 is 24.1 Å². The average molecular weight is 545 g/mol. The van der Waals surface area contributed by atoms with Crippen LogP contribution in [0.15, 0.2) is 40.3 Å². The third kappa shape index (κ3) is 5.47. The minimum atomic E-state index is -4.95. The largest absolute Gasteiger partial charge is 0.573 e. The number of anilines is 2. The molecule has 3 heterocycles. The van der Waals surface area contributed by atoms with E-state index in [9.17, 15) is 26.3 Å². The van der Waals surface area contributed by atoms with E-state index in [0.717, 1.165) is 17.7 Å². The summed E-state index contributed by atoms with van der Waals surface area (Å²) in [4.78, 5) is 6.00. The average Bonchev–Trinajstić information content (AvgIpc) is 3.49. The lowest BCUT2D eigenvalue weighted by atomic mass is 9.67. The van der Waals surface area contributed by atoms with Crippen LogP contribution in [0.1, 0.15) is 12.8 Å². The van der Waals surface area contributed by atoms with Gasteiger partial charge in [0.2, 0.25) is 11.8 Å². The zero-order valence-corrected chi connectivity index (χ0v) is 19.9. The number of hydrogen-bond donors (Lipinski definition) is 1. The lowest BCUT2D eigenvalue weighted by Gasteiger charge is -2.42. The highest BCUT2D eigenvalue weighted by Crippen LogP contribution is 2.47. The van der Waals surface area contributed by atoms with Gasteiger partial charge in [-0.25, -0.2) is 4.68 Å². The fourth-order valence-electron chi connectivity index (χ4n) is 4.75. The molecule has 2 fully saturated rings. The topological polar surface area (TPSA) is 103 Å². The van der Waals surface area contributed by atoms with E-state index in [1.54, 1.807) is 6.92 Å². The van der Waals surface area contributed by atoms with Crippen LogP contribution in [0, 0.1) is 18.8 Å². The third-order valence-electron chi connectivity index (χ3n) is 6.20. The number of allylic oxidation sites excluding steroid dienone is 1. The summed E-state index contributed by atoms with van der Waals surface area (Å²) in [6.07, 6.45) is -7.68. The van der Waals surface area contributed by atoms with E-state index >= 15 is 0 Å². The van der Waals surface area contributed by atoms with E-state index in [1.807, 2.05) is 17.9 Å². The highest BCUT2D eigenvalue weighted by atomic mass is 19.4.